The molecule has 4 heterocycles. The van der Waals surface area contributed by atoms with Gasteiger partial charge >= 0.3 is 0 Å². The van der Waals surface area contributed by atoms with E-state index in [1.165, 1.54) is 6.26 Å². The van der Waals surface area contributed by atoms with Crippen molar-refractivity contribution in [1.82, 2.24) is 29.5 Å². The third kappa shape index (κ3) is 2.93. The van der Waals surface area contributed by atoms with E-state index < -0.39 is 9.84 Å². The third-order valence-corrected chi connectivity index (χ3v) is 5.52. The van der Waals surface area contributed by atoms with Crippen molar-refractivity contribution in [3.05, 3.63) is 30.5 Å². The van der Waals surface area contributed by atoms with Crippen LogP contribution in [0.2, 0.25) is 0 Å². The number of nitrogens with one attached hydrogen (secondary N) is 1. The molecule has 4 rings (SSSR count). The van der Waals surface area contributed by atoms with Gasteiger partial charge in [0, 0.05) is 43.7 Å². The van der Waals surface area contributed by atoms with Crippen LogP contribution in [0.4, 0.5) is 0 Å². The van der Waals surface area contributed by atoms with Crippen LogP contribution in [0.3, 0.4) is 0 Å². The fraction of sp³-hybridized carbons (Fsp3) is 0.438. The maximum atomic E-state index is 12.3. The minimum Gasteiger partial charge on any atom is -0.316 e. The van der Waals surface area contributed by atoms with Crippen LogP contribution < -0.4 is 5.32 Å². The van der Waals surface area contributed by atoms with Crippen molar-refractivity contribution < 1.29 is 8.42 Å². The first kappa shape index (κ1) is 16.2. The average molecular weight is 360 g/mol. The molecule has 9 heteroatoms. The number of fused-ring (bicyclic) bond motifs is 1. The normalized spacial score (nSPS) is 18.7. The van der Waals surface area contributed by atoms with Crippen molar-refractivity contribution in [2.75, 3.05) is 19.3 Å². The number of hydrogen-bond acceptors (Lipinski definition) is 6. The molecule has 1 unspecified atom stereocenters. The zero-order chi connectivity index (χ0) is 17.6. The highest BCUT2D eigenvalue weighted by molar-refractivity contribution is 7.90. The Morgan fingerprint density at radius 2 is 2.12 bits per heavy atom. The number of aromatic nitrogens is 5. The monoisotopic (exact) mass is 360 g/mol. The number of hydrogen-bond donors (Lipinski definition) is 1. The van der Waals surface area contributed by atoms with Crippen molar-refractivity contribution in [3.8, 4) is 11.3 Å². The van der Waals surface area contributed by atoms with E-state index >= 15 is 0 Å². The first-order valence-electron chi connectivity index (χ1n) is 8.21. The summed E-state index contributed by atoms with van der Waals surface area (Å²) in [5.41, 5.74) is 2.82. The Bertz CT molecular complexity index is 1030. The van der Waals surface area contributed by atoms with Gasteiger partial charge in [-0.2, -0.15) is 5.10 Å². The van der Waals surface area contributed by atoms with Gasteiger partial charge in [0.1, 0.15) is 0 Å². The van der Waals surface area contributed by atoms with Crippen LogP contribution in [0.15, 0.2) is 29.8 Å². The quantitative estimate of drug-likeness (QED) is 0.749. The predicted octanol–water partition coefficient (Wildman–Crippen LogP) is 1.00. The summed E-state index contributed by atoms with van der Waals surface area (Å²) in [4.78, 5) is 8.80. The molecule has 0 amide bonds. The molecule has 0 radical (unpaired) electrons. The molecule has 1 N–H and O–H groups in total. The standard InChI is InChI=1S/C16H20N6O2S/c1-21-9-12(7-19-21)14-8-18-15-16(25(2,23)24)20-13(10-22(14)15)11-4-3-5-17-6-11/h7-11,17H,3-6H2,1-2H3. The van der Waals surface area contributed by atoms with E-state index in [1.807, 2.05) is 23.8 Å². The highest BCUT2D eigenvalue weighted by atomic mass is 32.2. The predicted molar refractivity (Wildman–Crippen MR) is 93.1 cm³/mol. The van der Waals surface area contributed by atoms with Crippen molar-refractivity contribution in [1.29, 1.82) is 0 Å². The summed E-state index contributed by atoms with van der Waals surface area (Å²) in [5.74, 6) is 0.197. The Morgan fingerprint density at radius 1 is 1.28 bits per heavy atom. The minimum atomic E-state index is -3.49. The summed E-state index contributed by atoms with van der Waals surface area (Å²) in [6.07, 6.45) is 10.4. The van der Waals surface area contributed by atoms with Gasteiger partial charge in [-0.05, 0) is 19.4 Å². The first-order valence-corrected chi connectivity index (χ1v) is 10.1. The summed E-state index contributed by atoms with van der Waals surface area (Å²) in [6.45, 7) is 1.79. The maximum Gasteiger partial charge on any atom is 0.198 e. The summed E-state index contributed by atoms with van der Waals surface area (Å²) < 4.78 is 28.1. The Labute approximate surface area is 145 Å². The molecule has 0 aromatic carbocycles. The molecule has 25 heavy (non-hydrogen) atoms. The number of imidazole rings is 1. The van der Waals surface area contributed by atoms with Crippen LogP contribution in [-0.2, 0) is 16.9 Å². The first-order chi connectivity index (χ1) is 11.9. The van der Waals surface area contributed by atoms with Gasteiger partial charge in [-0.3, -0.25) is 9.08 Å². The molecule has 3 aromatic heterocycles. The smallest absolute Gasteiger partial charge is 0.198 e. The van der Waals surface area contributed by atoms with Gasteiger partial charge in [-0.25, -0.2) is 18.4 Å². The van der Waals surface area contributed by atoms with Gasteiger partial charge in [0.25, 0.3) is 0 Å². The Kier molecular flexibility index (Phi) is 3.84. The van der Waals surface area contributed by atoms with E-state index in [4.69, 9.17) is 0 Å². The van der Waals surface area contributed by atoms with E-state index in [0.717, 1.165) is 42.9 Å². The van der Waals surface area contributed by atoms with Gasteiger partial charge in [0.15, 0.2) is 20.5 Å². The number of rotatable bonds is 3. The van der Waals surface area contributed by atoms with Gasteiger partial charge in [-0.1, -0.05) is 0 Å². The largest absolute Gasteiger partial charge is 0.316 e. The summed E-state index contributed by atoms with van der Waals surface area (Å²) >= 11 is 0. The zero-order valence-electron chi connectivity index (χ0n) is 14.2. The van der Waals surface area contributed by atoms with Crippen molar-refractivity contribution >= 4 is 15.5 Å². The summed E-state index contributed by atoms with van der Waals surface area (Å²) in [6, 6.07) is 0. The second-order valence-electron chi connectivity index (χ2n) is 6.53. The van der Waals surface area contributed by atoms with Crippen LogP contribution in [0.5, 0.6) is 0 Å². The molecule has 0 bridgehead atoms. The molecule has 8 nitrogen and oxygen atoms in total. The van der Waals surface area contributed by atoms with E-state index in [0.29, 0.717) is 5.65 Å². The second-order valence-corrected chi connectivity index (χ2v) is 8.46. The molecule has 3 aromatic rings. The van der Waals surface area contributed by atoms with E-state index in [9.17, 15) is 8.42 Å². The second kappa shape index (κ2) is 5.92. The van der Waals surface area contributed by atoms with Crippen LogP contribution in [-0.4, -0.2) is 51.9 Å². The molecule has 1 saturated heterocycles. The summed E-state index contributed by atoms with van der Waals surface area (Å²) in [7, 11) is -1.65. The lowest BCUT2D eigenvalue weighted by Crippen LogP contribution is -2.29. The lowest BCUT2D eigenvalue weighted by atomic mass is 9.96. The molecule has 0 saturated carbocycles. The topological polar surface area (TPSA) is 94.2 Å². The zero-order valence-corrected chi connectivity index (χ0v) is 15.0. The Balaban J connectivity index is 1.95. The number of aryl methyl sites for hydroxylation is 1. The molecule has 1 aliphatic rings. The molecule has 1 fully saturated rings. The molecule has 0 aliphatic carbocycles. The highest BCUT2D eigenvalue weighted by Gasteiger charge is 2.24. The van der Waals surface area contributed by atoms with Crippen molar-refractivity contribution in [2.24, 2.45) is 7.05 Å². The van der Waals surface area contributed by atoms with Crippen LogP contribution >= 0.6 is 0 Å². The van der Waals surface area contributed by atoms with Gasteiger partial charge in [-0.15, -0.1) is 0 Å². The van der Waals surface area contributed by atoms with Crippen LogP contribution in [0.25, 0.3) is 16.9 Å². The van der Waals surface area contributed by atoms with Crippen LogP contribution in [0, 0.1) is 0 Å². The van der Waals surface area contributed by atoms with Gasteiger partial charge < -0.3 is 5.32 Å². The van der Waals surface area contributed by atoms with E-state index in [1.54, 1.807) is 17.1 Å². The molecule has 1 atom stereocenters. The third-order valence-electron chi connectivity index (χ3n) is 4.55. The maximum absolute atomic E-state index is 12.3. The van der Waals surface area contributed by atoms with Gasteiger partial charge in [0.05, 0.1) is 23.8 Å². The fourth-order valence-electron chi connectivity index (χ4n) is 3.29. The lowest BCUT2D eigenvalue weighted by molar-refractivity contribution is 0.451. The van der Waals surface area contributed by atoms with Crippen molar-refractivity contribution in [2.45, 2.75) is 23.8 Å². The number of nitrogens with zero attached hydrogens (tertiary/aromatic N) is 5. The molecular formula is C16H20N6O2S. The average Bonchev–Trinajstić information content (AvgIpc) is 3.19. The SMILES string of the molecule is Cn1cc(-c2cnc3c(S(C)(=O)=O)nc(C4CCCNC4)cn23)cn1. The number of sulfone groups is 1. The van der Waals surface area contributed by atoms with Gasteiger partial charge in [0.2, 0.25) is 0 Å². The minimum absolute atomic E-state index is 0.0331. The molecule has 0 spiro atoms. The number of piperidine rings is 1. The molecule has 132 valence electrons. The van der Waals surface area contributed by atoms with Crippen molar-refractivity contribution in [3.63, 3.8) is 0 Å². The Hall–Kier alpha value is -2.26. The lowest BCUT2D eigenvalue weighted by Gasteiger charge is -2.22. The molecule has 1 aliphatic heterocycles. The Morgan fingerprint density at radius 3 is 2.76 bits per heavy atom. The molecular weight excluding hydrogens is 340 g/mol. The summed E-state index contributed by atoms with van der Waals surface area (Å²) in [5, 5.41) is 7.58. The van der Waals surface area contributed by atoms with Crippen LogP contribution in [0.1, 0.15) is 24.5 Å². The van der Waals surface area contributed by atoms with E-state index in [2.05, 4.69) is 20.4 Å². The highest BCUT2D eigenvalue weighted by Crippen LogP contribution is 2.28. The van der Waals surface area contributed by atoms with E-state index in [-0.39, 0.29) is 10.9 Å². The fourth-order valence-corrected chi connectivity index (χ4v) is 4.05.